The second kappa shape index (κ2) is 12.1. The SMILES string of the molecule is COc1ccc2ncc(C)c(C(O)CCC3(CC(=O)O)CCN(CC#Cc4cc(F)c(F)c(F)c4)CC3)c2c1. The average Bonchev–Trinajstić information content (AvgIpc) is 2.90. The molecule has 0 radical (unpaired) electrons. The first-order valence-electron chi connectivity index (χ1n) is 12.8. The van der Waals surface area contributed by atoms with Crippen molar-refractivity contribution in [1.82, 2.24) is 9.88 Å². The standard InChI is InChI=1S/C30H31F3N2O4/c1-19-18-34-25-6-5-21(39-2)16-22(25)28(19)26(36)7-8-30(17-27(37)38)9-12-35(13-10-30)11-3-4-20-14-23(31)29(33)24(32)15-20/h5-6,14-16,18,26,36H,7-13,17H2,1-2H3,(H,37,38). The van der Waals surface area contributed by atoms with E-state index in [2.05, 4.69) is 16.8 Å². The number of ether oxygens (including phenoxy) is 1. The van der Waals surface area contributed by atoms with E-state index >= 15 is 0 Å². The third-order valence-electron chi connectivity index (χ3n) is 7.56. The van der Waals surface area contributed by atoms with Crippen molar-refractivity contribution in [3.63, 3.8) is 0 Å². The fourth-order valence-electron chi connectivity index (χ4n) is 5.35. The molecule has 0 saturated carbocycles. The summed E-state index contributed by atoms with van der Waals surface area (Å²) in [5, 5.41) is 21.7. The highest BCUT2D eigenvalue weighted by Crippen LogP contribution is 2.42. The van der Waals surface area contributed by atoms with Gasteiger partial charge in [0, 0.05) is 17.1 Å². The van der Waals surface area contributed by atoms with Crippen LogP contribution in [0.25, 0.3) is 10.9 Å². The summed E-state index contributed by atoms with van der Waals surface area (Å²) in [4.78, 5) is 18.3. The molecule has 206 valence electrons. The number of pyridine rings is 1. The first kappa shape index (κ1) is 28.4. The predicted molar refractivity (Wildman–Crippen MR) is 141 cm³/mol. The number of aromatic nitrogens is 1. The van der Waals surface area contributed by atoms with Gasteiger partial charge in [0.2, 0.25) is 0 Å². The van der Waals surface area contributed by atoms with Crippen LogP contribution in [0.2, 0.25) is 0 Å². The molecule has 0 amide bonds. The van der Waals surface area contributed by atoms with Crippen molar-refractivity contribution < 1.29 is 32.9 Å². The van der Waals surface area contributed by atoms with Crippen LogP contribution in [-0.4, -0.2) is 52.8 Å². The van der Waals surface area contributed by atoms with Gasteiger partial charge in [0.25, 0.3) is 0 Å². The molecule has 2 N–H and O–H groups in total. The Kier molecular flexibility index (Phi) is 8.78. The highest BCUT2D eigenvalue weighted by atomic mass is 19.2. The van der Waals surface area contributed by atoms with E-state index < -0.39 is 34.9 Å². The minimum Gasteiger partial charge on any atom is -0.497 e. The normalized spacial score (nSPS) is 15.9. The van der Waals surface area contributed by atoms with Gasteiger partial charge in [-0.15, -0.1) is 0 Å². The molecule has 0 bridgehead atoms. The van der Waals surface area contributed by atoms with Crippen molar-refractivity contribution in [3.05, 3.63) is 70.7 Å². The largest absolute Gasteiger partial charge is 0.497 e. The summed E-state index contributed by atoms with van der Waals surface area (Å²) in [5.41, 5.74) is 1.94. The van der Waals surface area contributed by atoms with E-state index in [4.69, 9.17) is 4.74 Å². The summed E-state index contributed by atoms with van der Waals surface area (Å²) in [6.45, 7) is 3.42. The Morgan fingerprint density at radius 3 is 2.51 bits per heavy atom. The number of hydrogen-bond acceptors (Lipinski definition) is 5. The maximum Gasteiger partial charge on any atom is 0.303 e. The number of carbonyl (C=O) groups is 1. The van der Waals surface area contributed by atoms with Gasteiger partial charge in [-0.3, -0.25) is 14.7 Å². The monoisotopic (exact) mass is 540 g/mol. The Balaban J connectivity index is 1.43. The minimum absolute atomic E-state index is 0.00271. The smallest absolute Gasteiger partial charge is 0.303 e. The molecule has 2 heterocycles. The number of likely N-dealkylation sites (tertiary alicyclic amines) is 1. The number of rotatable bonds is 8. The zero-order valence-electron chi connectivity index (χ0n) is 21.9. The Morgan fingerprint density at radius 2 is 1.87 bits per heavy atom. The van der Waals surface area contributed by atoms with Crippen LogP contribution in [0.1, 0.15) is 54.9 Å². The predicted octanol–water partition coefficient (Wildman–Crippen LogP) is 5.39. The van der Waals surface area contributed by atoms with Crippen molar-refractivity contribution in [2.45, 2.75) is 45.1 Å². The first-order chi connectivity index (χ1) is 18.6. The molecule has 9 heteroatoms. The van der Waals surface area contributed by atoms with Crippen LogP contribution in [0.5, 0.6) is 5.75 Å². The number of carboxylic acids is 1. The second-order valence-corrected chi connectivity index (χ2v) is 10.2. The molecule has 3 aromatic rings. The molecule has 39 heavy (non-hydrogen) atoms. The van der Waals surface area contributed by atoms with Gasteiger partial charge in [0.05, 0.1) is 31.7 Å². The second-order valence-electron chi connectivity index (χ2n) is 10.2. The van der Waals surface area contributed by atoms with Crippen LogP contribution in [0.15, 0.2) is 36.5 Å². The number of methoxy groups -OCH3 is 1. The summed E-state index contributed by atoms with van der Waals surface area (Å²) in [6, 6.07) is 7.23. The highest BCUT2D eigenvalue weighted by Gasteiger charge is 2.37. The van der Waals surface area contributed by atoms with Crippen LogP contribution in [0.3, 0.4) is 0 Å². The summed E-state index contributed by atoms with van der Waals surface area (Å²) in [7, 11) is 1.58. The van der Waals surface area contributed by atoms with Crippen LogP contribution < -0.4 is 4.74 Å². The van der Waals surface area contributed by atoms with E-state index in [-0.39, 0.29) is 12.0 Å². The average molecular weight is 541 g/mol. The molecule has 1 fully saturated rings. The van der Waals surface area contributed by atoms with E-state index in [1.807, 2.05) is 30.0 Å². The van der Waals surface area contributed by atoms with E-state index in [9.17, 15) is 28.2 Å². The number of aryl methyl sites for hydroxylation is 1. The quantitative estimate of drug-likeness (QED) is 0.295. The van der Waals surface area contributed by atoms with Gasteiger partial charge < -0.3 is 14.9 Å². The Morgan fingerprint density at radius 1 is 1.18 bits per heavy atom. The lowest BCUT2D eigenvalue weighted by atomic mass is 9.71. The Labute approximate surface area is 225 Å². The van der Waals surface area contributed by atoms with Crippen LogP contribution >= 0.6 is 0 Å². The van der Waals surface area contributed by atoms with Crippen molar-refractivity contribution >= 4 is 16.9 Å². The number of fused-ring (bicyclic) bond motifs is 1. The molecular formula is C30H31F3N2O4. The van der Waals surface area contributed by atoms with E-state index in [1.54, 1.807) is 13.3 Å². The molecule has 4 rings (SSSR count). The lowest BCUT2D eigenvalue weighted by Crippen LogP contribution is -2.41. The summed E-state index contributed by atoms with van der Waals surface area (Å²) >= 11 is 0. The lowest BCUT2D eigenvalue weighted by molar-refractivity contribution is -0.141. The minimum atomic E-state index is -1.52. The molecule has 0 aliphatic carbocycles. The number of piperidine rings is 1. The molecule has 1 saturated heterocycles. The number of nitrogens with zero attached hydrogens (tertiary/aromatic N) is 2. The lowest BCUT2D eigenvalue weighted by Gasteiger charge is -2.41. The molecule has 1 unspecified atom stereocenters. The number of aliphatic hydroxyl groups is 1. The highest BCUT2D eigenvalue weighted by molar-refractivity contribution is 5.84. The van der Waals surface area contributed by atoms with Crippen LogP contribution in [0.4, 0.5) is 13.2 Å². The molecule has 0 spiro atoms. The number of hydrogen-bond donors (Lipinski definition) is 2. The van der Waals surface area contributed by atoms with E-state index in [1.165, 1.54) is 0 Å². The van der Waals surface area contributed by atoms with Gasteiger partial charge in [0.1, 0.15) is 5.75 Å². The van der Waals surface area contributed by atoms with Gasteiger partial charge in [-0.05, 0) is 92.6 Å². The maximum absolute atomic E-state index is 13.4. The summed E-state index contributed by atoms with van der Waals surface area (Å²) in [6.07, 6.45) is 3.07. The zero-order valence-corrected chi connectivity index (χ0v) is 21.9. The van der Waals surface area contributed by atoms with Crippen molar-refractivity contribution in [2.24, 2.45) is 5.41 Å². The van der Waals surface area contributed by atoms with E-state index in [0.29, 0.717) is 51.1 Å². The number of halogens is 3. The van der Waals surface area contributed by atoms with E-state index in [0.717, 1.165) is 34.2 Å². The van der Waals surface area contributed by atoms with Crippen molar-refractivity contribution in [3.8, 4) is 17.6 Å². The van der Waals surface area contributed by atoms with Crippen molar-refractivity contribution in [2.75, 3.05) is 26.7 Å². The fraction of sp³-hybridized carbons (Fsp3) is 0.400. The van der Waals surface area contributed by atoms with Gasteiger partial charge in [-0.25, -0.2) is 13.2 Å². The molecular weight excluding hydrogens is 509 g/mol. The molecule has 1 aliphatic heterocycles. The number of aliphatic carboxylic acids is 1. The first-order valence-corrected chi connectivity index (χ1v) is 12.8. The summed E-state index contributed by atoms with van der Waals surface area (Å²) in [5.74, 6) is 1.21. The van der Waals surface area contributed by atoms with Crippen LogP contribution in [0, 0.1) is 41.6 Å². The zero-order chi connectivity index (χ0) is 28.2. The third-order valence-corrected chi connectivity index (χ3v) is 7.56. The Hall–Kier alpha value is -3.61. The molecule has 1 atom stereocenters. The molecule has 2 aromatic carbocycles. The number of aliphatic hydroxyl groups excluding tert-OH is 1. The topological polar surface area (TPSA) is 82.9 Å². The third kappa shape index (κ3) is 6.70. The van der Waals surface area contributed by atoms with Gasteiger partial charge in [0.15, 0.2) is 17.5 Å². The van der Waals surface area contributed by atoms with Gasteiger partial charge >= 0.3 is 5.97 Å². The fourth-order valence-corrected chi connectivity index (χ4v) is 5.35. The number of benzene rings is 2. The van der Waals surface area contributed by atoms with Crippen LogP contribution in [-0.2, 0) is 4.79 Å². The Bertz CT molecular complexity index is 1400. The number of carboxylic acid groups (broad SMARTS) is 1. The van der Waals surface area contributed by atoms with Gasteiger partial charge in [-0.2, -0.15) is 0 Å². The van der Waals surface area contributed by atoms with Gasteiger partial charge in [-0.1, -0.05) is 11.8 Å². The van der Waals surface area contributed by atoms with Crippen molar-refractivity contribution in [1.29, 1.82) is 0 Å². The molecule has 1 aliphatic rings. The molecule has 1 aromatic heterocycles. The summed E-state index contributed by atoms with van der Waals surface area (Å²) < 4.78 is 45.3. The maximum atomic E-state index is 13.4. The molecule has 6 nitrogen and oxygen atoms in total.